The summed E-state index contributed by atoms with van der Waals surface area (Å²) in [6.07, 6.45) is 1.99. The van der Waals surface area contributed by atoms with Gasteiger partial charge in [0.05, 0.1) is 16.9 Å². The van der Waals surface area contributed by atoms with Crippen LogP contribution in [0.25, 0.3) is 0 Å². The van der Waals surface area contributed by atoms with Crippen LogP contribution in [0.3, 0.4) is 0 Å². The van der Waals surface area contributed by atoms with Crippen LogP contribution in [0.2, 0.25) is 0 Å². The second-order valence-corrected chi connectivity index (χ2v) is 8.84. The molecule has 1 fully saturated rings. The average Bonchev–Trinajstić information content (AvgIpc) is 3.51. The zero-order valence-corrected chi connectivity index (χ0v) is 16.8. The number of ether oxygens (including phenoxy) is 1. The smallest absolute Gasteiger partial charge is 0.312 e. The van der Waals surface area contributed by atoms with Gasteiger partial charge in [-0.3, -0.25) is 14.9 Å². The number of sulfonamides is 1. The van der Waals surface area contributed by atoms with Gasteiger partial charge in [0.25, 0.3) is 5.91 Å². The van der Waals surface area contributed by atoms with Crippen LogP contribution < -0.4 is 10.1 Å². The molecule has 0 unspecified atom stereocenters. The van der Waals surface area contributed by atoms with E-state index in [9.17, 15) is 23.3 Å². The predicted molar refractivity (Wildman–Crippen MR) is 105 cm³/mol. The van der Waals surface area contributed by atoms with Crippen LogP contribution in [0.4, 0.5) is 5.69 Å². The van der Waals surface area contributed by atoms with Crippen molar-refractivity contribution in [1.82, 2.24) is 9.62 Å². The first-order valence-corrected chi connectivity index (χ1v) is 10.3. The number of carbonyl (C=O) groups is 1. The number of hydrogen-bond donors (Lipinski definition) is 1. The van der Waals surface area contributed by atoms with Crippen LogP contribution >= 0.6 is 0 Å². The number of carbonyl (C=O) groups excluding carboxylic acids is 1. The van der Waals surface area contributed by atoms with E-state index >= 15 is 0 Å². The maximum Gasteiger partial charge on any atom is 0.312 e. The Morgan fingerprint density at radius 3 is 2.45 bits per heavy atom. The van der Waals surface area contributed by atoms with E-state index in [0.29, 0.717) is 11.1 Å². The van der Waals surface area contributed by atoms with Crippen molar-refractivity contribution in [3.8, 4) is 5.75 Å². The van der Waals surface area contributed by atoms with E-state index < -0.39 is 20.6 Å². The van der Waals surface area contributed by atoms with Gasteiger partial charge in [-0.1, -0.05) is 12.1 Å². The summed E-state index contributed by atoms with van der Waals surface area (Å²) in [4.78, 5) is 22.3. The lowest BCUT2D eigenvalue weighted by Gasteiger charge is -2.17. The molecule has 0 radical (unpaired) electrons. The molecule has 3 rings (SSSR count). The Labute approximate surface area is 168 Å². The van der Waals surface area contributed by atoms with Crippen molar-refractivity contribution in [1.29, 1.82) is 0 Å². The molecule has 1 amide bonds. The van der Waals surface area contributed by atoms with E-state index in [4.69, 9.17) is 4.74 Å². The van der Waals surface area contributed by atoms with Gasteiger partial charge < -0.3 is 10.1 Å². The Hall–Kier alpha value is -2.98. The topological polar surface area (TPSA) is 119 Å². The molecule has 1 N–H and O–H groups in total. The summed E-state index contributed by atoms with van der Waals surface area (Å²) in [6.45, 7) is 0.0483. The Balaban J connectivity index is 1.75. The summed E-state index contributed by atoms with van der Waals surface area (Å²) in [5, 5.41) is 14.1. The summed E-state index contributed by atoms with van der Waals surface area (Å²) in [7, 11) is -1.30. The minimum atomic E-state index is -3.96. The summed E-state index contributed by atoms with van der Waals surface area (Å²) >= 11 is 0. The molecule has 1 aliphatic rings. The van der Waals surface area contributed by atoms with Gasteiger partial charge in [0.1, 0.15) is 0 Å². The Bertz CT molecular complexity index is 1030. The van der Waals surface area contributed by atoms with Gasteiger partial charge in [-0.05, 0) is 42.7 Å². The fourth-order valence-electron chi connectivity index (χ4n) is 2.75. The minimum Gasteiger partial charge on any atom is -0.490 e. The number of rotatable bonds is 8. The number of nitrogens with one attached hydrogen (secondary N) is 1. The molecule has 10 heteroatoms. The fourth-order valence-corrected chi connectivity index (χ4v) is 3.93. The highest BCUT2D eigenvalue weighted by atomic mass is 32.2. The molecular weight excluding hydrogens is 398 g/mol. The van der Waals surface area contributed by atoms with Gasteiger partial charge in [-0.25, -0.2) is 8.42 Å². The molecule has 0 aliphatic heterocycles. The predicted octanol–water partition coefficient (Wildman–Crippen LogP) is 2.32. The van der Waals surface area contributed by atoms with Gasteiger partial charge in [-0.2, -0.15) is 4.31 Å². The fraction of sp³-hybridized carbons (Fsp3) is 0.316. The molecule has 0 heterocycles. The molecule has 0 spiro atoms. The molecule has 1 saturated carbocycles. The third-order valence-electron chi connectivity index (χ3n) is 4.59. The normalized spacial score (nSPS) is 13.9. The van der Waals surface area contributed by atoms with Gasteiger partial charge in [-0.15, -0.1) is 0 Å². The van der Waals surface area contributed by atoms with Crippen molar-refractivity contribution < 1.29 is 22.9 Å². The van der Waals surface area contributed by atoms with Crippen molar-refractivity contribution in [3.05, 3.63) is 63.7 Å². The molecule has 0 aromatic heterocycles. The van der Waals surface area contributed by atoms with E-state index in [-0.39, 0.29) is 29.1 Å². The summed E-state index contributed by atoms with van der Waals surface area (Å²) in [6, 6.07) is 10.4. The van der Waals surface area contributed by atoms with E-state index in [0.717, 1.165) is 23.2 Å². The number of nitro groups is 1. The summed E-state index contributed by atoms with van der Waals surface area (Å²) < 4.78 is 31.6. The monoisotopic (exact) mass is 419 g/mol. The highest BCUT2D eigenvalue weighted by molar-refractivity contribution is 7.89. The lowest BCUT2D eigenvalue weighted by atomic mass is 10.1. The number of amides is 1. The van der Waals surface area contributed by atoms with E-state index in [1.165, 1.54) is 26.3 Å². The standard InChI is InChI=1S/C19H21N3O6S/c1-21(12-13-3-5-14(6-4-13)19(23)20-15-7-8-15)29(26,27)16-9-10-18(28-2)17(11-16)22(24)25/h3-6,9-11,15H,7-8,12H2,1-2H3,(H,20,23). The third kappa shape index (κ3) is 4.72. The molecule has 0 atom stereocenters. The van der Waals surface area contributed by atoms with E-state index in [1.807, 2.05) is 0 Å². The molecular formula is C19H21N3O6S. The molecule has 2 aromatic carbocycles. The van der Waals surface area contributed by atoms with Crippen LogP contribution in [-0.2, 0) is 16.6 Å². The maximum absolute atomic E-state index is 12.8. The first kappa shape index (κ1) is 20.7. The summed E-state index contributed by atoms with van der Waals surface area (Å²) in [5.74, 6) is -0.165. The van der Waals surface area contributed by atoms with Crippen LogP contribution in [0.15, 0.2) is 47.4 Å². The first-order chi connectivity index (χ1) is 13.7. The Morgan fingerprint density at radius 2 is 1.90 bits per heavy atom. The van der Waals surface area contributed by atoms with Crippen molar-refractivity contribution in [2.75, 3.05) is 14.2 Å². The Morgan fingerprint density at radius 1 is 1.24 bits per heavy atom. The SMILES string of the molecule is COc1ccc(S(=O)(=O)N(C)Cc2ccc(C(=O)NC3CC3)cc2)cc1[N+](=O)[O-]. The van der Waals surface area contributed by atoms with Crippen LogP contribution in [0, 0.1) is 10.1 Å². The molecule has 0 saturated heterocycles. The van der Waals surface area contributed by atoms with E-state index in [1.54, 1.807) is 24.3 Å². The number of nitrogens with zero attached hydrogens (tertiary/aromatic N) is 2. The quantitative estimate of drug-likeness (QED) is 0.518. The second-order valence-electron chi connectivity index (χ2n) is 6.80. The largest absolute Gasteiger partial charge is 0.490 e. The van der Waals surface area contributed by atoms with Crippen LogP contribution in [0.5, 0.6) is 5.75 Å². The Kier molecular flexibility index (Phi) is 5.85. The highest BCUT2D eigenvalue weighted by Crippen LogP contribution is 2.30. The zero-order chi connectivity index (χ0) is 21.2. The van der Waals surface area contributed by atoms with Crippen molar-refractivity contribution in [2.24, 2.45) is 0 Å². The van der Waals surface area contributed by atoms with Gasteiger partial charge >= 0.3 is 5.69 Å². The number of benzene rings is 2. The molecule has 9 nitrogen and oxygen atoms in total. The molecule has 2 aromatic rings. The zero-order valence-electron chi connectivity index (χ0n) is 16.0. The van der Waals surface area contributed by atoms with Gasteiger partial charge in [0.15, 0.2) is 5.75 Å². The van der Waals surface area contributed by atoms with Crippen molar-refractivity contribution >= 4 is 21.6 Å². The second kappa shape index (κ2) is 8.18. The van der Waals surface area contributed by atoms with E-state index in [2.05, 4.69) is 5.32 Å². The van der Waals surface area contributed by atoms with Crippen LogP contribution in [-0.4, -0.2) is 43.8 Å². The summed E-state index contributed by atoms with van der Waals surface area (Å²) in [5.41, 5.74) is 0.770. The molecule has 154 valence electrons. The lowest BCUT2D eigenvalue weighted by molar-refractivity contribution is -0.386. The highest BCUT2D eigenvalue weighted by Gasteiger charge is 2.26. The first-order valence-electron chi connectivity index (χ1n) is 8.91. The molecule has 29 heavy (non-hydrogen) atoms. The van der Waals surface area contributed by atoms with Gasteiger partial charge in [0, 0.05) is 31.3 Å². The lowest BCUT2D eigenvalue weighted by Crippen LogP contribution is -2.27. The third-order valence-corrected chi connectivity index (χ3v) is 6.39. The number of methoxy groups -OCH3 is 1. The van der Waals surface area contributed by atoms with Crippen molar-refractivity contribution in [3.63, 3.8) is 0 Å². The maximum atomic E-state index is 12.8. The molecule has 0 bridgehead atoms. The van der Waals surface area contributed by atoms with Gasteiger partial charge in [0.2, 0.25) is 10.0 Å². The average molecular weight is 419 g/mol. The van der Waals surface area contributed by atoms with Crippen LogP contribution in [0.1, 0.15) is 28.8 Å². The molecule has 1 aliphatic carbocycles. The van der Waals surface area contributed by atoms with Crippen molar-refractivity contribution in [2.45, 2.75) is 30.3 Å². The number of nitro benzene ring substituents is 1. The number of hydrogen-bond acceptors (Lipinski definition) is 6. The minimum absolute atomic E-state index is 0.0170.